The molecular formula is C39H59N3O5. The lowest BCUT2D eigenvalue weighted by Gasteiger charge is -2.31. The van der Waals surface area contributed by atoms with E-state index < -0.39 is 0 Å². The van der Waals surface area contributed by atoms with Gasteiger partial charge in [-0.15, -0.1) is 4.99 Å². The summed E-state index contributed by atoms with van der Waals surface area (Å²) < 4.78 is 12.6. The van der Waals surface area contributed by atoms with Crippen LogP contribution in [0.5, 0.6) is 11.5 Å². The second-order valence-electron chi connectivity index (χ2n) is 14.7. The molecule has 2 saturated carbocycles. The Balaban J connectivity index is 1.25. The predicted octanol–water partition coefficient (Wildman–Crippen LogP) is 6.35. The van der Waals surface area contributed by atoms with Crippen molar-refractivity contribution >= 4 is 6.21 Å². The molecular weight excluding hydrogens is 590 g/mol. The molecule has 0 aromatic heterocycles. The third-order valence-electron chi connectivity index (χ3n) is 10.6. The number of aryl methyl sites for hydroxylation is 1. The van der Waals surface area contributed by atoms with Gasteiger partial charge in [0.1, 0.15) is 18.2 Å². The normalized spacial score (nSPS) is 22.8. The molecule has 0 spiro atoms. The van der Waals surface area contributed by atoms with Crippen molar-refractivity contribution in [3.8, 4) is 11.5 Å². The number of allylic oxidation sites excluding steroid dienone is 1. The van der Waals surface area contributed by atoms with Crippen molar-refractivity contribution in [1.29, 1.82) is 0 Å². The second kappa shape index (κ2) is 17.1. The predicted molar refractivity (Wildman–Crippen MR) is 188 cm³/mol. The summed E-state index contributed by atoms with van der Waals surface area (Å²) in [5.74, 6) is 3.49. The Morgan fingerprint density at radius 3 is 2.66 bits per heavy atom. The largest absolute Gasteiger partial charge is 0.592 e. The third-order valence-corrected chi connectivity index (χ3v) is 10.6. The summed E-state index contributed by atoms with van der Waals surface area (Å²) in [6, 6.07) is 6.47. The van der Waals surface area contributed by atoms with Crippen LogP contribution in [0.15, 0.2) is 46.7 Å². The first-order valence-electron chi connectivity index (χ1n) is 18.3. The zero-order valence-electron chi connectivity index (χ0n) is 29.0. The van der Waals surface area contributed by atoms with Gasteiger partial charge in [-0.05, 0) is 76.0 Å². The quantitative estimate of drug-likeness (QED) is 0.111. The van der Waals surface area contributed by atoms with Crippen LogP contribution in [0.4, 0.5) is 0 Å². The summed E-state index contributed by atoms with van der Waals surface area (Å²) in [4.78, 5) is 4.97. The number of rotatable bonds is 19. The molecule has 8 nitrogen and oxygen atoms in total. The molecule has 0 bridgehead atoms. The molecule has 2 aliphatic heterocycles. The molecule has 2 heterocycles. The maximum Gasteiger partial charge on any atom is 0.176 e. The van der Waals surface area contributed by atoms with E-state index in [2.05, 4.69) is 36.8 Å². The van der Waals surface area contributed by atoms with Crippen LogP contribution < -0.4 is 15.4 Å². The molecule has 0 radical (unpaired) electrons. The highest BCUT2D eigenvalue weighted by Gasteiger charge is 2.41. The summed E-state index contributed by atoms with van der Waals surface area (Å²) in [5, 5.41) is 37.8. The smallest absolute Gasteiger partial charge is 0.176 e. The summed E-state index contributed by atoms with van der Waals surface area (Å²) in [6.45, 7) is 8.13. The van der Waals surface area contributed by atoms with Crippen molar-refractivity contribution in [1.82, 2.24) is 10.6 Å². The molecule has 260 valence electrons. The Labute approximate surface area is 283 Å². The number of phenolic OH excluding ortho intramolecular Hbond substituents is 1. The molecule has 0 amide bonds. The number of nitrogens with one attached hydrogen (secondary N) is 2. The van der Waals surface area contributed by atoms with Gasteiger partial charge in [-0.25, -0.2) is 0 Å². The minimum atomic E-state index is -0.367. The van der Waals surface area contributed by atoms with Crippen molar-refractivity contribution in [2.45, 2.75) is 128 Å². The van der Waals surface area contributed by atoms with Gasteiger partial charge in [0.25, 0.3) is 0 Å². The van der Waals surface area contributed by atoms with Crippen LogP contribution in [0.25, 0.3) is 0 Å². The van der Waals surface area contributed by atoms with E-state index in [0.29, 0.717) is 30.7 Å². The highest BCUT2D eigenvalue weighted by molar-refractivity contribution is 5.84. The maximum absolute atomic E-state index is 10.8. The van der Waals surface area contributed by atoms with Crippen LogP contribution in [-0.2, 0) is 11.2 Å². The molecule has 4 aliphatic rings. The number of phenols is 1. The number of nitrogens with zero attached hydrogens (tertiary/aromatic N) is 1. The second-order valence-corrected chi connectivity index (χ2v) is 14.7. The lowest BCUT2D eigenvalue weighted by molar-refractivity contribution is 0.123. The number of aliphatic hydroxyl groups is 2. The molecule has 47 heavy (non-hydrogen) atoms. The lowest BCUT2D eigenvalue weighted by Crippen LogP contribution is -2.50. The minimum Gasteiger partial charge on any atom is -0.592 e. The number of aliphatic hydroxyl groups excluding tert-OH is 2. The van der Waals surface area contributed by atoms with Crippen LogP contribution in [0.2, 0.25) is 0 Å². The van der Waals surface area contributed by atoms with Gasteiger partial charge in [0.15, 0.2) is 23.8 Å². The summed E-state index contributed by atoms with van der Waals surface area (Å²) in [5.41, 5.74) is 2.35. The first-order chi connectivity index (χ1) is 22.8. The standard InChI is InChI=1S/C39H59N3O5/c1-4-5-12-37-31(25-43)20-32(47-37)15-13-28-14-16-36(45)38(19-28)46-26-35(42-39(3)17-8-9-18-39)34-21-30(23-41-34)33(24-40-22-27(2)44)29-10-6-7-11-29/h14,16,19-21,23,27,29,33,35,37,40,42-45H,4-13,15,17-18,22,24-26H2,1-3H3. The topological polar surface area (TPSA) is 116 Å². The van der Waals surface area contributed by atoms with Crippen LogP contribution in [-0.4, -0.2) is 71.6 Å². The van der Waals surface area contributed by atoms with E-state index in [-0.39, 0.29) is 36.1 Å². The molecule has 4 unspecified atom stereocenters. The Morgan fingerprint density at radius 1 is 1.15 bits per heavy atom. The van der Waals surface area contributed by atoms with Gasteiger partial charge in [-0.2, -0.15) is 12.0 Å². The van der Waals surface area contributed by atoms with Crippen molar-refractivity contribution in [3.63, 3.8) is 0 Å². The van der Waals surface area contributed by atoms with Gasteiger partial charge >= 0.3 is 0 Å². The Bertz CT molecular complexity index is 1220. The third kappa shape index (κ3) is 9.94. The van der Waals surface area contributed by atoms with Gasteiger partial charge in [0.05, 0.1) is 18.1 Å². The summed E-state index contributed by atoms with van der Waals surface area (Å²) >= 11 is 0. The summed E-state index contributed by atoms with van der Waals surface area (Å²) in [7, 11) is 0. The van der Waals surface area contributed by atoms with Crippen molar-refractivity contribution in [2.24, 2.45) is 16.8 Å². The van der Waals surface area contributed by atoms with Crippen LogP contribution in [0, 0.1) is 23.8 Å². The SMILES string of the molecule is CCCCC1OC(CCc2ccc(O)c(OCC(NC3(C)CCCC3)[C+]3C=C(C(CNCC(C)O)C4CCCC4)C=N3)c2)=C[C-]1CO. The van der Waals surface area contributed by atoms with E-state index in [9.17, 15) is 15.3 Å². The fourth-order valence-electron chi connectivity index (χ4n) is 7.85. The van der Waals surface area contributed by atoms with E-state index >= 15 is 0 Å². The number of aromatic hydroxyl groups is 1. The first-order valence-corrected chi connectivity index (χ1v) is 18.3. The molecule has 5 rings (SSSR count). The van der Waals surface area contributed by atoms with E-state index in [0.717, 1.165) is 74.8 Å². The highest BCUT2D eigenvalue weighted by Crippen LogP contribution is 2.38. The zero-order chi connectivity index (χ0) is 33.2. The Kier molecular flexibility index (Phi) is 13.0. The average molecular weight is 650 g/mol. The Morgan fingerprint density at radius 2 is 1.94 bits per heavy atom. The minimum absolute atomic E-state index is 0.0147. The lowest BCUT2D eigenvalue weighted by atomic mass is 9.84. The highest BCUT2D eigenvalue weighted by atomic mass is 16.5. The molecule has 1 aromatic rings. The first kappa shape index (κ1) is 35.7. The van der Waals surface area contributed by atoms with Gasteiger partial charge in [-0.3, -0.25) is 5.32 Å². The van der Waals surface area contributed by atoms with Crippen molar-refractivity contribution in [2.75, 3.05) is 26.3 Å². The van der Waals surface area contributed by atoms with E-state index in [4.69, 9.17) is 14.5 Å². The van der Waals surface area contributed by atoms with Crippen molar-refractivity contribution < 1.29 is 24.8 Å². The van der Waals surface area contributed by atoms with Gasteiger partial charge in [0, 0.05) is 31.3 Å². The monoisotopic (exact) mass is 649 g/mol. The van der Waals surface area contributed by atoms with E-state index in [1.54, 1.807) is 6.07 Å². The van der Waals surface area contributed by atoms with Crippen LogP contribution in [0.3, 0.4) is 0 Å². The number of unbranched alkanes of at least 4 members (excludes halogenated alkanes) is 1. The zero-order valence-corrected chi connectivity index (χ0v) is 29.0. The molecule has 0 saturated heterocycles. The maximum atomic E-state index is 10.8. The number of hydrogen-bond donors (Lipinski definition) is 5. The number of ether oxygens (including phenoxy) is 2. The molecule has 8 heteroatoms. The molecule has 4 atom stereocenters. The number of aliphatic imine (C=N–C) groups is 1. The molecule has 5 N–H and O–H groups in total. The Hall–Kier alpha value is -2.65. The van der Waals surface area contributed by atoms with Gasteiger partial charge in [-0.1, -0.05) is 63.7 Å². The van der Waals surface area contributed by atoms with E-state index in [1.807, 2.05) is 25.1 Å². The van der Waals surface area contributed by atoms with Crippen LogP contribution >= 0.6 is 0 Å². The molecule has 2 fully saturated rings. The fraction of sp³-hybridized carbons (Fsp3) is 0.667. The van der Waals surface area contributed by atoms with Gasteiger partial charge < -0.3 is 30.1 Å². The molecule has 1 aromatic carbocycles. The van der Waals surface area contributed by atoms with Crippen molar-refractivity contribution in [3.05, 3.63) is 59.2 Å². The number of benzene rings is 1. The number of hydrogen-bond acceptors (Lipinski definition) is 8. The van der Waals surface area contributed by atoms with Gasteiger partial charge in [0.2, 0.25) is 0 Å². The summed E-state index contributed by atoms with van der Waals surface area (Å²) in [6.07, 6.45) is 20.3. The molecule has 2 aliphatic carbocycles. The average Bonchev–Trinajstić information content (AvgIpc) is 3.88. The fourth-order valence-corrected chi connectivity index (χ4v) is 7.85. The van der Waals surface area contributed by atoms with Crippen LogP contribution in [0.1, 0.15) is 103 Å². The van der Waals surface area contributed by atoms with E-state index in [1.165, 1.54) is 44.1 Å².